The van der Waals surface area contributed by atoms with Crippen molar-refractivity contribution in [2.75, 3.05) is 13.2 Å². The molecule has 2 aromatic heterocycles. The summed E-state index contributed by atoms with van der Waals surface area (Å²) in [6, 6.07) is 16.6. The Labute approximate surface area is 195 Å². The predicted octanol–water partition coefficient (Wildman–Crippen LogP) is 4.50. The van der Waals surface area contributed by atoms with E-state index in [1.165, 1.54) is 11.8 Å². The summed E-state index contributed by atoms with van der Waals surface area (Å²) >= 11 is 7.34. The first-order chi connectivity index (χ1) is 15.5. The number of aryl methyl sites for hydroxylation is 2. The van der Waals surface area contributed by atoms with Crippen molar-refractivity contribution in [1.82, 2.24) is 24.9 Å². The summed E-state index contributed by atoms with van der Waals surface area (Å²) in [5, 5.41) is 8.70. The van der Waals surface area contributed by atoms with Crippen LogP contribution in [0.25, 0.3) is 5.78 Å². The third-order valence-electron chi connectivity index (χ3n) is 4.69. The van der Waals surface area contributed by atoms with E-state index >= 15 is 0 Å². The van der Waals surface area contributed by atoms with Crippen LogP contribution in [0.5, 0.6) is 5.75 Å². The molecule has 0 aliphatic carbocycles. The van der Waals surface area contributed by atoms with Crippen LogP contribution in [-0.4, -0.2) is 38.6 Å². The van der Waals surface area contributed by atoms with Crippen LogP contribution >= 0.6 is 23.4 Å². The lowest BCUT2D eigenvalue weighted by molar-refractivity contribution is 0.0946. The van der Waals surface area contributed by atoms with Crippen LogP contribution in [0.4, 0.5) is 0 Å². The lowest BCUT2D eigenvalue weighted by atomic mass is 10.1. The van der Waals surface area contributed by atoms with Gasteiger partial charge >= 0.3 is 0 Å². The highest BCUT2D eigenvalue weighted by atomic mass is 35.5. The second-order valence-corrected chi connectivity index (χ2v) is 8.53. The van der Waals surface area contributed by atoms with Gasteiger partial charge in [-0.1, -0.05) is 41.6 Å². The van der Waals surface area contributed by atoms with Crippen LogP contribution in [0, 0.1) is 13.8 Å². The SMILES string of the molecule is Cc1cc(C)n2nc(SCc3ccccc3C(=O)NCCOc3ccc(Cl)cc3)nc2n1. The van der Waals surface area contributed by atoms with Crippen LogP contribution in [0.2, 0.25) is 5.02 Å². The molecule has 0 bridgehead atoms. The fourth-order valence-corrected chi connectivity index (χ4v) is 4.13. The normalized spacial score (nSPS) is 11.0. The Morgan fingerprint density at radius 2 is 1.91 bits per heavy atom. The van der Waals surface area contributed by atoms with Crippen LogP contribution in [0.15, 0.2) is 59.8 Å². The van der Waals surface area contributed by atoms with E-state index in [0.29, 0.717) is 46.2 Å². The quantitative estimate of drug-likeness (QED) is 0.303. The Balaban J connectivity index is 1.35. The molecule has 0 saturated carbocycles. The molecule has 0 spiro atoms. The molecule has 0 saturated heterocycles. The average Bonchev–Trinajstić information content (AvgIpc) is 3.20. The fraction of sp³-hybridized carbons (Fsp3) is 0.217. The number of hydrogen-bond acceptors (Lipinski definition) is 6. The molecule has 1 N–H and O–H groups in total. The summed E-state index contributed by atoms with van der Waals surface area (Å²) in [6.07, 6.45) is 0. The first kappa shape index (κ1) is 22.1. The first-order valence-corrected chi connectivity index (χ1v) is 11.4. The number of halogens is 1. The van der Waals surface area contributed by atoms with Gasteiger partial charge in [0.1, 0.15) is 12.4 Å². The standard InChI is InChI=1S/C23H22ClN5O2S/c1-15-13-16(2)29-22(26-15)27-23(28-29)32-14-17-5-3-4-6-20(17)21(30)25-11-12-31-19-9-7-18(24)8-10-19/h3-10,13H,11-12,14H2,1-2H3,(H,25,30). The summed E-state index contributed by atoms with van der Waals surface area (Å²) in [5.41, 5.74) is 3.42. The Morgan fingerprint density at radius 3 is 2.72 bits per heavy atom. The lowest BCUT2D eigenvalue weighted by Gasteiger charge is -2.10. The van der Waals surface area contributed by atoms with E-state index in [1.807, 2.05) is 44.2 Å². The van der Waals surface area contributed by atoms with Crippen molar-refractivity contribution >= 4 is 35.0 Å². The minimum Gasteiger partial charge on any atom is -0.492 e. The third-order valence-corrected chi connectivity index (χ3v) is 5.83. The summed E-state index contributed by atoms with van der Waals surface area (Å²) in [7, 11) is 0. The molecule has 164 valence electrons. The number of hydrogen-bond donors (Lipinski definition) is 1. The minimum absolute atomic E-state index is 0.142. The van der Waals surface area contributed by atoms with Gasteiger partial charge in [0.2, 0.25) is 5.16 Å². The number of thioether (sulfide) groups is 1. The fourth-order valence-electron chi connectivity index (χ4n) is 3.18. The number of benzene rings is 2. The smallest absolute Gasteiger partial charge is 0.253 e. The van der Waals surface area contributed by atoms with Gasteiger partial charge in [0.25, 0.3) is 11.7 Å². The lowest BCUT2D eigenvalue weighted by Crippen LogP contribution is -2.28. The second kappa shape index (κ2) is 10.0. The second-order valence-electron chi connectivity index (χ2n) is 7.15. The van der Waals surface area contributed by atoms with E-state index in [9.17, 15) is 4.79 Å². The van der Waals surface area contributed by atoms with Crippen molar-refractivity contribution in [3.8, 4) is 5.75 Å². The van der Waals surface area contributed by atoms with Crippen molar-refractivity contribution in [2.45, 2.75) is 24.8 Å². The van der Waals surface area contributed by atoms with Crippen molar-refractivity contribution in [2.24, 2.45) is 0 Å². The number of nitrogens with zero attached hydrogens (tertiary/aromatic N) is 4. The van der Waals surface area contributed by atoms with Crippen molar-refractivity contribution in [3.63, 3.8) is 0 Å². The van der Waals surface area contributed by atoms with Gasteiger partial charge in [0.05, 0.1) is 6.54 Å². The van der Waals surface area contributed by atoms with E-state index in [0.717, 1.165) is 17.0 Å². The summed E-state index contributed by atoms with van der Waals surface area (Å²) in [5.74, 6) is 1.72. The van der Waals surface area contributed by atoms with Gasteiger partial charge in [0.15, 0.2) is 0 Å². The number of amides is 1. The molecule has 0 unspecified atom stereocenters. The number of carbonyl (C=O) groups is 1. The monoisotopic (exact) mass is 467 g/mol. The molecular formula is C23H22ClN5O2S. The van der Waals surface area contributed by atoms with Gasteiger partial charge in [0, 0.05) is 27.7 Å². The number of aromatic nitrogens is 4. The number of nitrogens with one attached hydrogen (secondary N) is 1. The highest BCUT2D eigenvalue weighted by Crippen LogP contribution is 2.23. The van der Waals surface area contributed by atoms with Crippen LogP contribution in [-0.2, 0) is 5.75 Å². The molecule has 7 nitrogen and oxygen atoms in total. The topological polar surface area (TPSA) is 81.4 Å². The zero-order chi connectivity index (χ0) is 22.5. The van der Waals surface area contributed by atoms with E-state index in [2.05, 4.69) is 20.4 Å². The zero-order valence-electron chi connectivity index (χ0n) is 17.7. The molecule has 1 amide bonds. The number of carbonyl (C=O) groups excluding carboxylic acids is 1. The largest absolute Gasteiger partial charge is 0.492 e. The number of fused-ring (bicyclic) bond motifs is 1. The van der Waals surface area contributed by atoms with Crippen molar-refractivity contribution in [1.29, 1.82) is 0 Å². The van der Waals surface area contributed by atoms with Crippen LogP contribution in [0.3, 0.4) is 0 Å². The Kier molecular flexibility index (Phi) is 6.92. The number of ether oxygens (including phenoxy) is 1. The molecular weight excluding hydrogens is 446 g/mol. The van der Waals surface area contributed by atoms with Gasteiger partial charge in [-0.15, -0.1) is 5.10 Å². The maximum atomic E-state index is 12.7. The first-order valence-electron chi connectivity index (χ1n) is 10.1. The Hall–Kier alpha value is -3.10. The molecule has 0 aliphatic heterocycles. The zero-order valence-corrected chi connectivity index (χ0v) is 19.3. The molecule has 0 fully saturated rings. The average molecular weight is 468 g/mol. The minimum atomic E-state index is -0.142. The van der Waals surface area contributed by atoms with Crippen LogP contribution < -0.4 is 10.1 Å². The Bertz CT molecular complexity index is 1240. The third kappa shape index (κ3) is 5.38. The van der Waals surface area contributed by atoms with Crippen molar-refractivity contribution in [3.05, 3.63) is 82.1 Å². The highest BCUT2D eigenvalue weighted by Gasteiger charge is 2.13. The van der Waals surface area contributed by atoms with Gasteiger partial charge in [-0.25, -0.2) is 9.50 Å². The molecule has 2 heterocycles. The highest BCUT2D eigenvalue weighted by molar-refractivity contribution is 7.98. The van der Waals surface area contributed by atoms with E-state index in [4.69, 9.17) is 16.3 Å². The van der Waals surface area contributed by atoms with Gasteiger partial charge < -0.3 is 10.1 Å². The summed E-state index contributed by atoms with van der Waals surface area (Å²) < 4.78 is 7.36. The number of rotatable bonds is 8. The maximum absolute atomic E-state index is 12.7. The molecule has 2 aromatic carbocycles. The van der Waals surface area contributed by atoms with Gasteiger partial charge in [-0.2, -0.15) is 4.98 Å². The molecule has 4 aromatic rings. The van der Waals surface area contributed by atoms with Gasteiger partial charge in [-0.3, -0.25) is 4.79 Å². The van der Waals surface area contributed by atoms with Crippen molar-refractivity contribution < 1.29 is 9.53 Å². The molecule has 9 heteroatoms. The molecule has 0 radical (unpaired) electrons. The van der Waals surface area contributed by atoms with Crippen LogP contribution in [0.1, 0.15) is 27.3 Å². The van der Waals surface area contributed by atoms with E-state index < -0.39 is 0 Å². The van der Waals surface area contributed by atoms with E-state index in [1.54, 1.807) is 28.8 Å². The molecule has 4 rings (SSSR count). The molecule has 0 aliphatic rings. The van der Waals surface area contributed by atoms with Gasteiger partial charge in [-0.05, 0) is 55.8 Å². The molecule has 32 heavy (non-hydrogen) atoms. The summed E-state index contributed by atoms with van der Waals surface area (Å²) in [4.78, 5) is 21.6. The Morgan fingerprint density at radius 1 is 1.12 bits per heavy atom. The summed E-state index contributed by atoms with van der Waals surface area (Å²) in [6.45, 7) is 4.66. The molecule has 0 atom stereocenters. The maximum Gasteiger partial charge on any atom is 0.253 e. The predicted molar refractivity (Wildman–Crippen MR) is 126 cm³/mol. The van der Waals surface area contributed by atoms with E-state index in [-0.39, 0.29) is 5.91 Å².